The van der Waals surface area contributed by atoms with E-state index in [1.807, 2.05) is 60.7 Å². The van der Waals surface area contributed by atoms with Gasteiger partial charge in [0.25, 0.3) is 0 Å². The van der Waals surface area contributed by atoms with Gasteiger partial charge in [0.15, 0.2) is 14.7 Å². The van der Waals surface area contributed by atoms with E-state index in [4.69, 9.17) is 4.74 Å². The number of benzene rings is 4. The number of halogens is 2. The van der Waals surface area contributed by atoms with Crippen molar-refractivity contribution in [2.75, 3.05) is 0 Å². The van der Waals surface area contributed by atoms with Crippen LogP contribution in [0.15, 0.2) is 118 Å². The van der Waals surface area contributed by atoms with Crippen molar-refractivity contribution in [1.82, 2.24) is 0 Å². The van der Waals surface area contributed by atoms with Crippen molar-refractivity contribution in [3.8, 4) is 5.75 Å². The van der Waals surface area contributed by atoms with E-state index in [9.17, 15) is 8.78 Å². The number of rotatable bonds is 6. The molecule has 0 aliphatic rings. The first-order chi connectivity index (χ1) is 14.2. The third-order valence-electron chi connectivity index (χ3n) is 4.35. The fraction of sp³-hybridized carbons (Fsp3) is 0.0400. The van der Waals surface area contributed by atoms with Gasteiger partial charge < -0.3 is 4.74 Å². The molecule has 0 amide bonds. The maximum atomic E-state index is 13.3. The lowest BCUT2D eigenvalue weighted by atomic mass is 10.2. The van der Waals surface area contributed by atoms with E-state index in [1.54, 1.807) is 0 Å². The van der Waals surface area contributed by atoms with Crippen LogP contribution in [0.2, 0.25) is 0 Å². The van der Waals surface area contributed by atoms with Crippen LogP contribution >= 0.6 is 0 Å². The van der Waals surface area contributed by atoms with Gasteiger partial charge in [-0.05, 0) is 66.2 Å². The Morgan fingerprint density at radius 2 is 1.07 bits per heavy atom. The van der Waals surface area contributed by atoms with Gasteiger partial charge in [-0.2, -0.15) is 0 Å². The first-order valence-corrected chi connectivity index (χ1v) is 10.4. The first kappa shape index (κ1) is 19.2. The molecule has 0 atom stereocenters. The van der Waals surface area contributed by atoms with Crippen molar-refractivity contribution in [2.24, 2.45) is 0 Å². The second kappa shape index (κ2) is 8.93. The van der Waals surface area contributed by atoms with Gasteiger partial charge in [-0.25, -0.2) is 8.78 Å². The first-order valence-electron chi connectivity index (χ1n) is 9.21. The summed E-state index contributed by atoms with van der Waals surface area (Å²) in [5.74, 6) is -0.550. The summed E-state index contributed by atoms with van der Waals surface area (Å²) >= 11 is 0. The molecule has 29 heavy (non-hydrogen) atoms. The topological polar surface area (TPSA) is 9.23 Å². The molecule has 0 heterocycles. The lowest BCUT2D eigenvalue weighted by Crippen LogP contribution is -2.04. The fourth-order valence-electron chi connectivity index (χ4n) is 3.05. The average Bonchev–Trinajstić information content (AvgIpc) is 2.74. The van der Waals surface area contributed by atoms with Crippen molar-refractivity contribution in [3.63, 3.8) is 0 Å². The molecule has 1 nitrogen and oxygen atoms in total. The molecule has 4 heteroatoms. The van der Waals surface area contributed by atoms with Crippen molar-refractivity contribution in [1.29, 1.82) is 0 Å². The Morgan fingerprint density at radius 1 is 0.586 bits per heavy atom. The summed E-state index contributed by atoms with van der Waals surface area (Å²) in [5.41, 5.74) is 0.458. The molecule has 0 saturated carbocycles. The summed E-state index contributed by atoms with van der Waals surface area (Å²) in [6.07, 6.45) is 0. The molecular weight excluding hydrogens is 386 g/mol. The van der Waals surface area contributed by atoms with E-state index in [0.29, 0.717) is 11.3 Å². The van der Waals surface area contributed by atoms with E-state index in [1.165, 1.54) is 26.8 Å². The molecule has 0 saturated heterocycles. The third-order valence-corrected chi connectivity index (χ3v) is 6.58. The van der Waals surface area contributed by atoms with Gasteiger partial charge in [0.1, 0.15) is 24.0 Å². The predicted octanol–water partition coefficient (Wildman–Crippen LogP) is 6.64. The van der Waals surface area contributed by atoms with Gasteiger partial charge in [-0.15, -0.1) is 0 Å². The maximum Gasteiger partial charge on any atom is 0.166 e. The van der Waals surface area contributed by atoms with Crippen LogP contribution in [-0.2, 0) is 17.5 Å². The number of ether oxygens (including phenoxy) is 1. The van der Waals surface area contributed by atoms with Gasteiger partial charge in [-0.3, -0.25) is 0 Å². The molecule has 0 aliphatic heterocycles. The van der Waals surface area contributed by atoms with Gasteiger partial charge >= 0.3 is 0 Å². The van der Waals surface area contributed by atoms with Gasteiger partial charge in [0, 0.05) is 6.07 Å². The lowest BCUT2D eigenvalue weighted by molar-refractivity contribution is 0.304. The standard InChI is InChI=1S/C25H19F2OS/c26-20-15-19(16-21(27)17-20)18-28-22-11-13-25(14-12-22)29(23-7-3-1-4-8-23)24-9-5-2-6-10-24/h1-17H,18H2/q+1. The van der Waals surface area contributed by atoms with Gasteiger partial charge in [-0.1, -0.05) is 36.4 Å². The van der Waals surface area contributed by atoms with E-state index in [0.717, 1.165) is 6.07 Å². The fourth-order valence-corrected chi connectivity index (χ4v) is 5.14. The summed E-state index contributed by atoms with van der Waals surface area (Å²) in [6, 6.07) is 32.1. The minimum atomic E-state index is -0.603. The zero-order valence-electron chi connectivity index (χ0n) is 15.6. The number of hydrogen-bond donors (Lipinski definition) is 0. The van der Waals surface area contributed by atoms with Crippen LogP contribution < -0.4 is 4.74 Å². The minimum absolute atomic E-state index is 0.108. The molecule has 0 bridgehead atoms. The molecule has 0 spiro atoms. The van der Waals surface area contributed by atoms with Crippen LogP contribution in [0.1, 0.15) is 5.56 Å². The largest absolute Gasteiger partial charge is 0.489 e. The predicted molar refractivity (Wildman–Crippen MR) is 112 cm³/mol. The van der Waals surface area contributed by atoms with Crippen LogP contribution in [0.5, 0.6) is 5.75 Å². The minimum Gasteiger partial charge on any atom is -0.489 e. The van der Waals surface area contributed by atoms with Crippen LogP contribution in [0.25, 0.3) is 0 Å². The monoisotopic (exact) mass is 405 g/mol. The Kier molecular flexibility index (Phi) is 5.92. The highest BCUT2D eigenvalue weighted by atomic mass is 32.2. The highest BCUT2D eigenvalue weighted by molar-refractivity contribution is 7.97. The highest BCUT2D eigenvalue weighted by Gasteiger charge is 2.28. The summed E-state index contributed by atoms with van der Waals surface area (Å²) < 4.78 is 32.4. The molecule has 144 valence electrons. The second-order valence-corrected chi connectivity index (χ2v) is 8.50. The average molecular weight is 405 g/mol. The summed E-state index contributed by atoms with van der Waals surface area (Å²) in [6.45, 7) is 0.108. The number of hydrogen-bond acceptors (Lipinski definition) is 1. The summed E-state index contributed by atoms with van der Waals surface area (Å²) in [5, 5.41) is 0. The normalized spacial score (nSPS) is 10.9. The van der Waals surface area contributed by atoms with Crippen LogP contribution in [0.4, 0.5) is 8.78 Å². The maximum absolute atomic E-state index is 13.3. The Hall–Kier alpha value is -3.11. The smallest absolute Gasteiger partial charge is 0.166 e. The van der Waals surface area contributed by atoms with E-state index < -0.39 is 11.6 Å². The van der Waals surface area contributed by atoms with Gasteiger partial charge in [0.2, 0.25) is 0 Å². The molecule has 0 aliphatic carbocycles. The molecule has 0 N–H and O–H groups in total. The molecule has 0 radical (unpaired) electrons. The Balaban J connectivity index is 1.56. The molecule has 0 aromatic heterocycles. The van der Waals surface area contributed by atoms with Crippen LogP contribution in [-0.4, -0.2) is 0 Å². The second-order valence-electron chi connectivity index (χ2n) is 6.47. The summed E-state index contributed by atoms with van der Waals surface area (Å²) in [4.78, 5) is 3.65. The van der Waals surface area contributed by atoms with Crippen LogP contribution in [0.3, 0.4) is 0 Å². The molecule has 0 unspecified atom stereocenters. The molecule has 4 aromatic carbocycles. The molecular formula is C25H19F2OS+. The molecule has 4 aromatic rings. The van der Waals surface area contributed by atoms with Crippen molar-refractivity contribution in [3.05, 3.63) is 120 Å². The lowest BCUT2D eigenvalue weighted by Gasteiger charge is -2.10. The van der Waals surface area contributed by atoms with E-state index in [2.05, 4.69) is 24.3 Å². The zero-order chi connectivity index (χ0) is 20.1. The Bertz CT molecular complexity index is 1010. The van der Waals surface area contributed by atoms with Crippen LogP contribution in [0, 0.1) is 11.6 Å². The van der Waals surface area contributed by atoms with Crippen molar-refractivity contribution < 1.29 is 13.5 Å². The zero-order valence-corrected chi connectivity index (χ0v) is 16.4. The highest BCUT2D eigenvalue weighted by Crippen LogP contribution is 2.32. The third kappa shape index (κ3) is 4.84. The Morgan fingerprint density at radius 3 is 1.59 bits per heavy atom. The van der Waals surface area contributed by atoms with E-state index >= 15 is 0 Å². The SMILES string of the molecule is Fc1cc(F)cc(COc2ccc([S+](c3ccccc3)c3ccccc3)cc2)c1. The molecule has 4 rings (SSSR count). The summed E-state index contributed by atoms with van der Waals surface area (Å²) in [7, 11) is -0.224. The Labute approximate surface area is 172 Å². The van der Waals surface area contributed by atoms with Gasteiger partial charge in [0.05, 0.1) is 10.9 Å². The van der Waals surface area contributed by atoms with Crippen molar-refractivity contribution in [2.45, 2.75) is 21.3 Å². The van der Waals surface area contributed by atoms with Crippen molar-refractivity contribution >= 4 is 10.9 Å². The quantitative estimate of drug-likeness (QED) is 0.327. The van der Waals surface area contributed by atoms with E-state index in [-0.39, 0.29) is 17.5 Å². The molecule has 0 fully saturated rings.